The first-order chi connectivity index (χ1) is 7.60. The van der Waals surface area contributed by atoms with Gasteiger partial charge in [-0.25, -0.2) is 4.79 Å². The largest absolute Gasteiger partial charge is 0.328 e. The predicted octanol–water partition coefficient (Wildman–Crippen LogP) is 1.25. The third-order valence-electron chi connectivity index (χ3n) is 2.37. The fourth-order valence-corrected chi connectivity index (χ4v) is 1.77. The molecule has 1 saturated heterocycles. The zero-order valence-corrected chi connectivity index (χ0v) is 9.55. The minimum atomic E-state index is -0.744. The first kappa shape index (κ1) is 12.4. The maximum atomic E-state index is 11.6. The minimum absolute atomic E-state index is 0.114. The van der Waals surface area contributed by atoms with Gasteiger partial charge in [-0.2, -0.15) is 0 Å². The van der Waals surface area contributed by atoms with E-state index in [9.17, 15) is 14.4 Å². The summed E-state index contributed by atoms with van der Waals surface area (Å²) in [6.07, 6.45) is 3.15. The number of nitrogens with one attached hydrogen (secondary N) is 2. The van der Waals surface area contributed by atoms with Crippen LogP contribution < -0.4 is 10.6 Å². The lowest BCUT2D eigenvalue weighted by Gasteiger charge is -2.18. The van der Waals surface area contributed by atoms with Crippen molar-refractivity contribution in [3.05, 3.63) is 11.1 Å². The number of amides is 4. The molecule has 0 aromatic rings. The Morgan fingerprint density at radius 1 is 0.938 bits per heavy atom. The van der Waals surface area contributed by atoms with Gasteiger partial charge in [0.15, 0.2) is 0 Å². The van der Waals surface area contributed by atoms with Crippen molar-refractivity contribution < 1.29 is 14.4 Å². The molecule has 0 aromatic heterocycles. The Hall–Kier alpha value is -1.65. The maximum absolute atomic E-state index is 11.6. The molecule has 1 aliphatic rings. The average molecular weight is 224 g/mol. The molecule has 88 valence electrons. The summed E-state index contributed by atoms with van der Waals surface area (Å²) >= 11 is 0. The van der Waals surface area contributed by atoms with E-state index in [0.29, 0.717) is 12.8 Å². The van der Waals surface area contributed by atoms with E-state index in [1.54, 1.807) is 0 Å². The molecule has 0 spiro atoms. The Morgan fingerprint density at radius 3 is 1.75 bits per heavy atom. The number of urea groups is 1. The number of rotatable bonds is 4. The first-order valence-electron chi connectivity index (χ1n) is 5.48. The molecule has 1 aliphatic heterocycles. The van der Waals surface area contributed by atoms with Crippen LogP contribution in [0.3, 0.4) is 0 Å². The highest BCUT2D eigenvalue weighted by Crippen LogP contribution is 2.19. The van der Waals surface area contributed by atoms with Gasteiger partial charge in [0.25, 0.3) is 11.8 Å². The third-order valence-corrected chi connectivity index (χ3v) is 2.37. The summed E-state index contributed by atoms with van der Waals surface area (Å²) < 4.78 is 0. The molecule has 0 aliphatic carbocycles. The Balaban J connectivity index is 3.03. The molecule has 2 N–H and O–H groups in total. The van der Waals surface area contributed by atoms with Gasteiger partial charge in [0.2, 0.25) is 0 Å². The molecule has 16 heavy (non-hydrogen) atoms. The topological polar surface area (TPSA) is 75.3 Å². The highest BCUT2D eigenvalue weighted by atomic mass is 16.2. The van der Waals surface area contributed by atoms with Gasteiger partial charge in [0, 0.05) is 0 Å². The molecule has 5 heteroatoms. The van der Waals surface area contributed by atoms with Crippen LogP contribution in [0.1, 0.15) is 39.5 Å². The smallest absolute Gasteiger partial charge is 0.273 e. The molecule has 0 atom stereocenters. The fourth-order valence-electron chi connectivity index (χ4n) is 1.77. The number of hydrogen-bond donors (Lipinski definition) is 2. The van der Waals surface area contributed by atoms with Crippen molar-refractivity contribution in [3.63, 3.8) is 0 Å². The summed E-state index contributed by atoms with van der Waals surface area (Å²) in [7, 11) is 0. The summed E-state index contributed by atoms with van der Waals surface area (Å²) in [5, 5.41) is 4.18. The fraction of sp³-hybridized carbons (Fsp3) is 0.545. The second-order valence-electron chi connectivity index (χ2n) is 3.72. The molecule has 0 saturated carbocycles. The molecule has 0 aromatic carbocycles. The van der Waals surface area contributed by atoms with Crippen LogP contribution in [0.2, 0.25) is 0 Å². The van der Waals surface area contributed by atoms with Gasteiger partial charge in [-0.1, -0.05) is 32.3 Å². The van der Waals surface area contributed by atoms with Crippen molar-refractivity contribution in [2.45, 2.75) is 39.5 Å². The number of barbiturate groups is 1. The van der Waals surface area contributed by atoms with Crippen LogP contribution in [0.4, 0.5) is 4.79 Å². The number of carbonyl (C=O) groups excluding carboxylic acids is 3. The molecular weight excluding hydrogens is 208 g/mol. The van der Waals surface area contributed by atoms with Gasteiger partial charge >= 0.3 is 6.03 Å². The number of imide groups is 2. The molecule has 0 bridgehead atoms. The quantitative estimate of drug-likeness (QED) is 0.557. The number of hydrogen-bond acceptors (Lipinski definition) is 3. The van der Waals surface area contributed by atoms with Gasteiger partial charge in [0.05, 0.1) is 0 Å². The highest BCUT2D eigenvalue weighted by Gasteiger charge is 2.30. The van der Waals surface area contributed by atoms with E-state index in [4.69, 9.17) is 0 Å². The van der Waals surface area contributed by atoms with E-state index >= 15 is 0 Å². The Labute approximate surface area is 94.3 Å². The van der Waals surface area contributed by atoms with Crippen LogP contribution >= 0.6 is 0 Å². The van der Waals surface area contributed by atoms with Crippen molar-refractivity contribution in [1.29, 1.82) is 0 Å². The second kappa shape index (κ2) is 5.44. The molecule has 5 nitrogen and oxygen atoms in total. The zero-order valence-electron chi connectivity index (χ0n) is 9.55. The monoisotopic (exact) mass is 224 g/mol. The van der Waals surface area contributed by atoms with Crippen molar-refractivity contribution in [3.8, 4) is 0 Å². The molecule has 1 heterocycles. The normalized spacial score (nSPS) is 15.9. The summed E-state index contributed by atoms with van der Waals surface area (Å²) in [5.74, 6) is -1.16. The molecule has 0 radical (unpaired) electrons. The lowest BCUT2D eigenvalue weighted by atomic mass is 9.97. The molecular formula is C11H16N2O3. The van der Waals surface area contributed by atoms with Crippen molar-refractivity contribution >= 4 is 17.8 Å². The Bertz CT molecular complexity index is 328. The van der Waals surface area contributed by atoms with E-state index in [1.807, 2.05) is 13.8 Å². The van der Waals surface area contributed by atoms with Crippen LogP contribution in [0, 0.1) is 0 Å². The van der Waals surface area contributed by atoms with Gasteiger partial charge in [-0.05, 0) is 12.8 Å². The highest BCUT2D eigenvalue weighted by molar-refractivity contribution is 6.29. The van der Waals surface area contributed by atoms with Gasteiger partial charge in [-0.15, -0.1) is 0 Å². The number of allylic oxidation sites excluding steroid dienone is 1. The van der Waals surface area contributed by atoms with E-state index in [2.05, 4.69) is 10.6 Å². The van der Waals surface area contributed by atoms with Gasteiger partial charge < -0.3 is 0 Å². The molecule has 1 rings (SSSR count). The van der Waals surface area contributed by atoms with E-state index < -0.39 is 17.8 Å². The van der Waals surface area contributed by atoms with Crippen LogP contribution in [-0.4, -0.2) is 17.8 Å². The molecule has 1 fully saturated rings. The summed E-state index contributed by atoms with van der Waals surface area (Å²) in [4.78, 5) is 34.0. The predicted molar refractivity (Wildman–Crippen MR) is 58.5 cm³/mol. The Kier molecular flexibility index (Phi) is 4.22. The van der Waals surface area contributed by atoms with Crippen LogP contribution in [-0.2, 0) is 9.59 Å². The van der Waals surface area contributed by atoms with Crippen molar-refractivity contribution in [2.75, 3.05) is 0 Å². The van der Waals surface area contributed by atoms with Crippen molar-refractivity contribution in [1.82, 2.24) is 10.6 Å². The first-order valence-corrected chi connectivity index (χ1v) is 5.48. The van der Waals surface area contributed by atoms with Crippen LogP contribution in [0.15, 0.2) is 11.1 Å². The molecule has 4 amide bonds. The van der Waals surface area contributed by atoms with Crippen LogP contribution in [0.25, 0.3) is 0 Å². The minimum Gasteiger partial charge on any atom is -0.273 e. The summed E-state index contributed by atoms with van der Waals surface area (Å²) in [6, 6.07) is -0.744. The standard InChI is InChI=1S/C11H16N2O3/c1-3-5-7(6-4-2)8-9(14)12-11(16)13-10(8)15/h3-6H2,1-2H3,(H2,12,13,14,15,16). The zero-order chi connectivity index (χ0) is 12.1. The van der Waals surface area contributed by atoms with Gasteiger partial charge in [0.1, 0.15) is 5.57 Å². The molecule has 0 unspecified atom stereocenters. The van der Waals surface area contributed by atoms with E-state index in [0.717, 1.165) is 18.4 Å². The lowest BCUT2D eigenvalue weighted by Crippen LogP contribution is -2.51. The SMILES string of the molecule is CCCC(CCC)=C1C(=O)NC(=O)NC1=O. The van der Waals surface area contributed by atoms with E-state index in [1.165, 1.54) is 0 Å². The van der Waals surface area contributed by atoms with Crippen molar-refractivity contribution in [2.24, 2.45) is 0 Å². The average Bonchev–Trinajstić information content (AvgIpc) is 2.16. The number of carbonyl (C=O) groups is 3. The summed E-state index contributed by atoms with van der Waals surface area (Å²) in [5.41, 5.74) is 0.941. The maximum Gasteiger partial charge on any atom is 0.328 e. The Morgan fingerprint density at radius 2 is 1.38 bits per heavy atom. The lowest BCUT2D eigenvalue weighted by molar-refractivity contribution is -0.124. The third kappa shape index (κ3) is 2.68. The van der Waals surface area contributed by atoms with Gasteiger partial charge in [-0.3, -0.25) is 20.2 Å². The summed E-state index contributed by atoms with van der Waals surface area (Å²) in [6.45, 7) is 3.97. The van der Waals surface area contributed by atoms with E-state index in [-0.39, 0.29) is 5.57 Å². The van der Waals surface area contributed by atoms with Crippen LogP contribution in [0.5, 0.6) is 0 Å². The second-order valence-corrected chi connectivity index (χ2v) is 3.72.